The first-order valence-corrected chi connectivity index (χ1v) is 6.23. The average Bonchev–Trinajstić information content (AvgIpc) is 2.76. The third-order valence-electron chi connectivity index (χ3n) is 3.29. The van der Waals surface area contributed by atoms with E-state index in [-0.39, 0.29) is 12.1 Å². The van der Waals surface area contributed by atoms with Crippen LogP contribution in [-0.4, -0.2) is 14.5 Å². The second kappa shape index (κ2) is 5.31. The maximum Gasteiger partial charge on any atom is 0.125 e. The number of rotatable bonds is 4. The Balaban J connectivity index is 2.11. The summed E-state index contributed by atoms with van der Waals surface area (Å²) in [5.74, 6) is 1.04. The molecular weight excluding hydrogens is 224 g/mol. The van der Waals surface area contributed by atoms with Gasteiger partial charge in [0, 0.05) is 37.9 Å². The van der Waals surface area contributed by atoms with Gasteiger partial charge in [-0.1, -0.05) is 0 Å². The quantitative estimate of drug-likeness (QED) is 0.898. The van der Waals surface area contributed by atoms with Crippen LogP contribution in [0.4, 0.5) is 0 Å². The summed E-state index contributed by atoms with van der Waals surface area (Å²) >= 11 is 0. The number of nitrogens with zero attached hydrogens (tertiary/aromatic N) is 3. The minimum Gasteiger partial charge on any atom is -0.337 e. The minimum atomic E-state index is 0.208. The van der Waals surface area contributed by atoms with E-state index in [1.165, 1.54) is 11.1 Å². The van der Waals surface area contributed by atoms with Crippen molar-refractivity contribution < 1.29 is 0 Å². The normalized spacial score (nSPS) is 14.4. The highest BCUT2D eigenvalue weighted by Gasteiger charge is 2.15. The molecule has 0 aliphatic heterocycles. The number of aryl methyl sites for hydroxylation is 2. The number of pyridine rings is 1. The van der Waals surface area contributed by atoms with Crippen LogP contribution in [-0.2, 0) is 7.05 Å². The van der Waals surface area contributed by atoms with Crippen LogP contribution in [0.25, 0.3) is 0 Å². The number of aromatic nitrogens is 3. The molecule has 0 amide bonds. The molecule has 0 saturated carbocycles. The fraction of sp³-hybridized carbons (Fsp3) is 0.429. The highest BCUT2D eigenvalue weighted by molar-refractivity contribution is 5.24. The summed E-state index contributed by atoms with van der Waals surface area (Å²) in [5, 5.41) is 3.56. The van der Waals surface area contributed by atoms with Crippen LogP contribution < -0.4 is 5.32 Å². The van der Waals surface area contributed by atoms with E-state index >= 15 is 0 Å². The Hall–Kier alpha value is -1.68. The van der Waals surface area contributed by atoms with Gasteiger partial charge in [0.1, 0.15) is 5.82 Å². The minimum absolute atomic E-state index is 0.208. The summed E-state index contributed by atoms with van der Waals surface area (Å²) < 4.78 is 2.04. The van der Waals surface area contributed by atoms with E-state index in [1.54, 1.807) is 0 Å². The van der Waals surface area contributed by atoms with E-state index in [0.29, 0.717) is 0 Å². The zero-order valence-corrected chi connectivity index (χ0v) is 11.4. The highest BCUT2D eigenvalue weighted by atomic mass is 15.1. The van der Waals surface area contributed by atoms with E-state index in [0.717, 1.165) is 5.82 Å². The Morgan fingerprint density at radius 1 is 1.22 bits per heavy atom. The molecule has 2 heterocycles. The summed E-state index contributed by atoms with van der Waals surface area (Å²) in [6.45, 7) is 6.40. The van der Waals surface area contributed by atoms with E-state index in [2.05, 4.69) is 36.1 Å². The van der Waals surface area contributed by atoms with Crippen molar-refractivity contribution in [2.45, 2.75) is 32.9 Å². The van der Waals surface area contributed by atoms with Gasteiger partial charge in [0.2, 0.25) is 0 Å². The monoisotopic (exact) mass is 244 g/mol. The summed E-state index contributed by atoms with van der Waals surface area (Å²) in [4.78, 5) is 8.56. The predicted octanol–water partition coefficient (Wildman–Crippen LogP) is 2.54. The molecule has 0 aliphatic carbocycles. The van der Waals surface area contributed by atoms with E-state index < -0.39 is 0 Å². The molecule has 2 aromatic heterocycles. The highest BCUT2D eigenvalue weighted by Crippen LogP contribution is 2.19. The summed E-state index contributed by atoms with van der Waals surface area (Å²) in [6, 6.07) is 2.50. The van der Waals surface area contributed by atoms with E-state index in [9.17, 15) is 0 Å². The van der Waals surface area contributed by atoms with E-state index in [1.807, 2.05) is 42.5 Å². The van der Waals surface area contributed by atoms with Crippen LogP contribution >= 0.6 is 0 Å². The molecule has 0 fully saturated rings. The Bertz CT molecular complexity index is 518. The van der Waals surface area contributed by atoms with Crippen LogP contribution in [0.1, 0.15) is 42.9 Å². The second-order valence-corrected chi connectivity index (χ2v) is 4.74. The van der Waals surface area contributed by atoms with Crippen molar-refractivity contribution in [3.63, 3.8) is 0 Å². The van der Waals surface area contributed by atoms with Crippen LogP contribution in [0, 0.1) is 6.92 Å². The molecule has 2 atom stereocenters. The first-order chi connectivity index (χ1) is 8.59. The van der Waals surface area contributed by atoms with Gasteiger partial charge >= 0.3 is 0 Å². The zero-order chi connectivity index (χ0) is 13.1. The molecule has 0 radical (unpaired) electrons. The fourth-order valence-corrected chi connectivity index (χ4v) is 2.26. The van der Waals surface area contributed by atoms with Gasteiger partial charge < -0.3 is 9.88 Å². The van der Waals surface area contributed by atoms with Gasteiger partial charge in [-0.3, -0.25) is 4.98 Å². The topological polar surface area (TPSA) is 42.7 Å². The largest absolute Gasteiger partial charge is 0.337 e. The molecule has 4 nitrogen and oxygen atoms in total. The van der Waals surface area contributed by atoms with Gasteiger partial charge in [-0.2, -0.15) is 0 Å². The molecule has 96 valence electrons. The van der Waals surface area contributed by atoms with Gasteiger partial charge in [-0.05, 0) is 38.0 Å². The maximum atomic E-state index is 4.37. The smallest absolute Gasteiger partial charge is 0.125 e. The van der Waals surface area contributed by atoms with Crippen LogP contribution in [0.5, 0.6) is 0 Å². The average molecular weight is 244 g/mol. The number of hydrogen-bond acceptors (Lipinski definition) is 3. The molecule has 0 aliphatic rings. The molecule has 18 heavy (non-hydrogen) atoms. The summed E-state index contributed by atoms with van der Waals surface area (Å²) in [7, 11) is 2.01. The molecule has 4 heteroatoms. The van der Waals surface area contributed by atoms with Crippen molar-refractivity contribution in [1.82, 2.24) is 19.9 Å². The third-order valence-corrected chi connectivity index (χ3v) is 3.29. The van der Waals surface area contributed by atoms with Gasteiger partial charge in [0.15, 0.2) is 0 Å². The fourth-order valence-electron chi connectivity index (χ4n) is 2.26. The maximum absolute atomic E-state index is 4.37. The second-order valence-electron chi connectivity index (χ2n) is 4.74. The lowest BCUT2D eigenvalue weighted by Gasteiger charge is -2.21. The molecule has 2 rings (SSSR count). The van der Waals surface area contributed by atoms with Crippen molar-refractivity contribution in [2.75, 3.05) is 0 Å². The van der Waals surface area contributed by atoms with Gasteiger partial charge in [-0.15, -0.1) is 0 Å². The molecule has 0 saturated heterocycles. The third kappa shape index (κ3) is 2.59. The first-order valence-electron chi connectivity index (χ1n) is 6.23. The van der Waals surface area contributed by atoms with E-state index in [4.69, 9.17) is 0 Å². The van der Waals surface area contributed by atoms with Crippen LogP contribution in [0.3, 0.4) is 0 Å². The lowest BCUT2D eigenvalue weighted by Crippen LogP contribution is -2.25. The number of nitrogens with one attached hydrogen (secondary N) is 1. The van der Waals surface area contributed by atoms with Crippen LogP contribution in [0.2, 0.25) is 0 Å². The van der Waals surface area contributed by atoms with Gasteiger partial charge in [0.05, 0.1) is 6.04 Å². The number of hydrogen-bond donors (Lipinski definition) is 1. The van der Waals surface area contributed by atoms with Gasteiger partial charge in [0.25, 0.3) is 0 Å². The van der Waals surface area contributed by atoms with Crippen molar-refractivity contribution >= 4 is 0 Å². The van der Waals surface area contributed by atoms with Crippen molar-refractivity contribution in [3.8, 4) is 0 Å². The zero-order valence-electron chi connectivity index (χ0n) is 11.4. The Morgan fingerprint density at radius 2 is 2.00 bits per heavy atom. The lowest BCUT2D eigenvalue weighted by atomic mass is 10.0. The Morgan fingerprint density at radius 3 is 2.61 bits per heavy atom. The Kier molecular flexibility index (Phi) is 3.77. The number of imidazole rings is 1. The molecule has 2 aromatic rings. The molecular formula is C14H20N4. The molecule has 0 spiro atoms. The Labute approximate surface area is 108 Å². The molecule has 2 unspecified atom stereocenters. The SMILES string of the molecule is Cc1ccncc1C(C)NC(C)c1nccn1C. The molecule has 0 aromatic carbocycles. The molecule has 0 bridgehead atoms. The lowest BCUT2D eigenvalue weighted by molar-refractivity contribution is 0.465. The summed E-state index contributed by atoms with van der Waals surface area (Å²) in [6.07, 6.45) is 7.55. The molecule has 1 N–H and O–H groups in total. The summed E-state index contributed by atoms with van der Waals surface area (Å²) in [5.41, 5.74) is 2.50. The van der Waals surface area contributed by atoms with Crippen molar-refractivity contribution in [1.29, 1.82) is 0 Å². The predicted molar refractivity (Wildman–Crippen MR) is 72.1 cm³/mol. The van der Waals surface area contributed by atoms with Crippen molar-refractivity contribution in [3.05, 3.63) is 47.8 Å². The van der Waals surface area contributed by atoms with Gasteiger partial charge in [-0.25, -0.2) is 4.98 Å². The standard InChI is InChI=1S/C14H20N4/c1-10-5-6-15-9-13(10)11(2)17-12(3)14-16-7-8-18(14)4/h5-9,11-12,17H,1-4H3. The van der Waals surface area contributed by atoms with Crippen molar-refractivity contribution in [2.24, 2.45) is 7.05 Å². The first kappa shape index (κ1) is 12.8. The van der Waals surface area contributed by atoms with Crippen LogP contribution in [0.15, 0.2) is 30.9 Å².